The molecular weight excluding hydrogens is 640 g/mol. The molecule has 3 rings (SSSR count). The third-order valence-corrected chi connectivity index (χ3v) is 8.21. The Morgan fingerprint density at radius 1 is 1.09 bits per heavy atom. The van der Waals surface area contributed by atoms with Crippen molar-refractivity contribution in [3.63, 3.8) is 0 Å². The highest BCUT2D eigenvalue weighted by Crippen LogP contribution is 2.28. The summed E-state index contributed by atoms with van der Waals surface area (Å²) in [7, 11) is 0. The summed E-state index contributed by atoms with van der Waals surface area (Å²) in [5.74, 6) is -1.23. The van der Waals surface area contributed by atoms with Gasteiger partial charge < -0.3 is 34.9 Å². The van der Waals surface area contributed by atoms with E-state index in [0.29, 0.717) is 26.4 Å². The van der Waals surface area contributed by atoms with Gasteiger partial charge in [-0.2, -0.15) is 0 Å². The maximum absolute atomic E-state index is 13.7. The van der Waals surface area contributed by atoms with Crippen LogP contribution >= 0.6 is 27.3 Å². The molecule has 1 aliphatic heterocycles. The lowest BCUT2D eigenvalue weighted by molar-refractivity contribution is -0.144. The molecule has 0 aliphatic carbocycles. The fraction of sp³-hybridized carbons (Fsp3) is 0.600. The van der Waals surface area contributed by atoms with Gasteiger partial charge in [0.2, 0.25) is 17.7 Å². The standard InChI is InChI=1S/C30H43BrN4O7S/c1-20-26(43-19-33-20)22-7-5-21(6-8-22)16-32-28(38)24-15-23(36)17-35(24)29(39)27(30(2,3)4)34-25(37)18-42-14-13-41-12-11-40-10-9-31/h5-8,19,23-24,27,36H,9-18H2,1-4H3,(H,32,38)(H,34,37). The number of amides is 3. The van der Waals surface area contributed by atoms with Gasteiger partial charge in [-0.15, -0.1) is 11.3 Å². The van der Waals surface area contributed by atoms with E-state index in [1.807, 2.05) is 57.5 Å². The number of aliphatic hydroxyl groups excluding tert-OH is 1. The third kappa shape index (κ3) is 10.9. The molecule has 1 saturated heterocycles. The van der Waals surface area contributed by atoms with Crippen molar-refractivity contribution in [3.8, 4) is 10.4 Å². The van der Waals surface area contributed by atoms with Gasteiger partial charge in [0.1, 0.15) is 18.7 Å². The van der Waals surface area contributed by atoms with Crippen molar-refractivity contribution in [1.82, 2.24) is 20.5 Å². The molecule has 1 fully saturated rings. The number of aromatic nitrogens is 1. The molecule has 3 amide bonds. The number of aliphatic hydroxyl groups is 1. The normalized spacial score (nSPS) is 17.6. The van der Waals surface area contributed by atoms with Crippen LogP contribution < -0.4 is 10.6 Å². The highest BCUT2D eigenvalue weighted by atomic mass is 79.9. The lowest BCUT2D eigenvalue weighted by Crippen LogP contribution is -2.58. The zero-order valence-electron chi connectivity index (χ0n) is 25.3. The molecule has 13 heteroatoms. The Hall–Kier alpha value is -2.42. The molecule has 1 aromatic carbocycles. The molecule has 2 heterocycles. The van der Waals surface area contributed by atoms with Crippen molar-refractivity contribution >= 4 is 45.0 Å². The average molecular weight is 684 g/mol. The van der Waals surface area contributed by atoms with Crippen LogP contribution in [0.5, 0.6) is 0 Å². The molecule has 11 nitrogen and oxygen atoms in total. The number of rotatable bonds is 16. The molecule has 0 radical (unpaired) electrons. The molecule has 2 aromatic rings. The minimum absolute atomic E-state index is 0.00939. The Balaban J connectivity index is 1.52. The van der Waals surface area contributed by atoms with E-state index < -0.39 is 35.4 Å². The second kappa shape index (κ2) is 17.2. The molecule has 1 aliphatic rings. The van der Waals surface area contributed by atoms with Crippen molar-refractivity contribution in [2.24, 2.45) is 5.41 Å². The van der Waals surface area contributed by atoms with Crippen LogP contribution in [-0.4, -0.2) is 102 Å². The number of halogens is 1. The summed E-state index contributed by atoms with van der Waals surface area (Å²) in [6, 6.07) is 6.10. The molecular formula is C30H43BrN4O7S. The van der Waals surface area contributed by atoms with Gasteiger partial charge in [0.15, 0.2) is 0 Å². The fourth-order valence-corrected chi connectivity index (χ4v) is 5.68. The van der Waals surface area contributed by atoms with Gasteiger partial charge in [-0.1, -0.05) is 61.0 Å². The fourth-order valence-electron chi connectivity index (χ4n) is 4.64. The number of thiazole rings is 1. The first-order valence-electron chi connectivity index (χ1n) is 14.4. The van der Waals surface area contributed by atoms with Crippen LogP contribution in [0.4, 0.5) is 0 Å². The quantitative estimate of drug-likeness (QED) is 0.182. The van der Waals surface area contributed by atoms with E-state index in [1.54, 1.807) is 11.3 Å². The van der Waals surface area contributed by atoms with E-state index in [0.717, 1.165) is 27.0 Å². The van der Waals surface area contributed by atoms with E-state index in [1.165, 1.54) is 4.90 Å². The zero-order chi connectivity index (χ0) is 31.4. The van der Waals surface area contributed by atoms with Crippen molar-refractivity contribution in [2.45, 2.75) is 58.8 Å². The number of hydrogen-bond acceptors (Lipinski definition) is 9. The Morgan fingerprint density at radius 3 is 2.35 bits per heavy atom. The lowest BCUT2D eigenvalue weighted by Gasteiger charge is -2.35. The zero-order valence-corrected chi connectivity index (χ0v) is 27.7. The number of alkyl halides is 1. The number of carbonyl (C=O) groups is 3. The summed E-state index contributed by atoms with van der Waals surface area (Å²) < 4.78 is 16.1. The van der Waals surface area contributed by atoms with Gasteiger partial charge in [0.05, 0.1) is 55.2 Å². The molecule has 43 heavy (non-hydrogen) atoms. The van der Waals surface area contributed by atoms with E-state index in [9.17, 15) is 19.5 Å². The molecule has 0 bridgehead atoms. The summed E-state index contributed by atoms with van der Waals surface area (Å²) in [6.07, 6.45) is -0.720. The van der Waals surface area contributed by atoms with Crippen molar-refractivity contribution in [2.75, 3.05) is 51.5 Å². The maximum Gasteiger partial charge on any atom is 0.246 e. The first kappa shape index (κ1) is 35.1. The number of benzene rings is 1. The van der Waals surface area contributed by atoms with E-state index in [-0.39, 0.29) is 38.6 Å². The van der Waals surface area contributed by atoms with Crippen LogP contribution in [-0.2, 0) is 35.1 Å². The van der Waals surface area contributed by atoms with Crippen molar-refractivity contribution < 1.29 is 33.7 Å². The Bertz CT molecular complexity index is 1190. The molecule has 3 atom stereocenters. The van der Waals surface area contributed by atoms with Crippen LogP contribution in [0.3, 0.4) is 0 Å². The van der Waals surface area contributed by atoms with Gasteiger partial charge in [-0.25, -0.2) is 4.98 Å². The Labute approximate surface area is 265 Å². The summed E-state index contributed by atoms with van der Waals surface area (Å²) >= 11 is 4.86. The Kier molecular flexibility index (Phi) is 14.0. The van der Waals surface area contributed by atoms with E-state index >= 15 is 0 Å². The molecule has 1 aromatic heterocycles. The number of aryl methyl sites for hydroxylation is 1. The predicted molar refractivity (Wildman–Crippen MR) is 168 cm³/mol. The number of hydrogen-bond donors (Lipinski definition) is 3. The predicted octanol–water partition coefficient (Wildman–Crippen LogP) is 2.67. The van der Waals surface area contributed by atoms with Gasteiger partial charge in [-0.3, -0.25) is 14.4 Å². The number of β-amino-alcohol motifs (C(OH)–C–C–N with tert-alkyl or cyclic N) is 1. The van der Waals surface area contributed by atoms with Crippen LogP contribution in [0.25, 0.3) is 10.4 Å². The number of ether oxygens (including phenoxy) is 3. The van der Waals surface area contributed by atoms with Gasteiger partial charge in [0.25, 0.3) is 0 Å². The van der Waals surface area contributed by atoms with Crippen molar-refractivity contribution in [1.29, 1.82) is 0 Å². The lowest BCUT2D eigenvalue weighted by atomic mass is 9.85. The molecule has 3 unspecified atom stereocenters. The summed E-state index contributed by atoms with van der Waals surface area (Å²) in [6.45, 7) is 9.56. The van der Waals surface area contributed by atoms with Crippen LogP contribution in [0, 0.1) is 12.3 Å². The minimum Gasteiger partial charge on any atom is -0.391 e. The van der Waals surface area contributed by atoms with Crippen LogP contribution in [0.2, 0.25) is 0 Å². The smallest absolute Gasteiger partial charge is 0.246 e. The average Bonchev–Trinajstić information content (AvgIpc) is 3.58. The largest absolute Gasteiger partial charge is 0.391 e. The maximum atomic E-state index is 13.7. The number of carbonyl (C=O) groups excluding carboxylic acids is 3. The number of nitrogens with zero attached hydrogens (tertiary/aromatic N) is 2. The first-order valence-corrected chi connectivity index (χ1v) is 16.4. The molecule has 238 valence electrons. The number of nitrogens with one attached hydrogen (secondary N) is 2. The van der Waals surface area contributed by atoms with Crippen molar-refractivity contribution in [3.05, 3.63) is 41.0 Å². The molecule has 0 spiro atoms. The van der Waals surface area contributed by atoms with Crippen LogP contribution in [0.1, 0.15) is 38.4 Å². The second-order valence-corrected chi connectivity index (χ2v) is 13.1. The van der Waals surface area contributed by atoms with Gasteiger partial charge >= 0.3 is 0 Å². The van der Waals surface area contributed by atoms with E-state index in [4.69, 9.17) is 14.2 Å². The Morgan fingerprint density at radius 2 is 1.74 bits per heavy atom. The van der Waals surface area contributed by atoms with Crippen LogP contribution in [0.15, 0.2) is 29.8 Å². The highest BCUT2D eigenvalue weighted by molar-refractivity contribution is 9.09. The highest BCUT2D eigenvalue weighted by Gasteiger charge is 2.44. The molecule has 0 saturated carbocycles. The monoisotopic (exact) mass is 682 g/mol. The van der Waals surface area contributed by atoms with Gasteiger partial charge in [0, 0.05) is 24.8 Å². The third-order valence-electron chi connectivity index (χ3n) is 6.91. The first-order chi connectivity index (χ1) is 20.5. The SMILES string of the molecule is Cc1ncsc1-c1ccc(CNC(=O)C2CC(O)CN2C(=O)C(NC(=O)COCCOCCOCCBr)C(C)(C)C)cc1. The van der Waals surface area contributed by atoms with E-state index in [2.05, 4.69) is 31.5 Å². The summed E-state index contributed by atoms with van der Waals surface area (Å²) in [4.78, 5) is 46.4. The number of likely N-dealkylation sites (tertiary alicyclic amines) is 1. The second-order valence-electron chi connectivity index (χ2n) is 11.4. The van der Waals surface area contributed by atoms with Gasteiger partial charge in [-0.05, 0) is 23.5 Å². The molecule has 3 N–H and O–H groups in total. The summed E-state index contributed by atoms with van der Waals surface area (Å²) in [5.41, 5.74) is 4.10. The summed E-state index contributed by atoms with van der Waals surface area (Å²) in [5, 5.41) is 16.8. The minimum atomic E-state index is -0.922. The topological polar surface area (TPSA) is 139 Å².